The van der Waals surface area contributed by atoms with Crippen LogP contribution in [-0.2, 0) is 5.88 Å². The number of imidazole rings is 1. The van der Waals surface area contributed by atoms with Crippen LogP contribution < -0.4 is 5.73 Å². The van der Waals surface area contributed by atoms with Crippen LogP contribution in [0.2, 0.25) is 0 Å². The van der Waals surface area contributed by atoms with Crippen molar-refractivity contribution < 1.29 is 8.78 Å². The second kappa shape index (κ2) is 7.97. The maximum Gasteiger partial charge on any atom is 0.334 e. The first-order chi connectivity index (χ1) is 15.5. The van der Waals surface area contributed by atoms with Crippen molar-refractivity contribution in [1.82, 2.24) is 34.3 Å². The molecule has 0 amide bonds. The van der Waals surface area contributed by atoms with Crippen molar-refractivity contribution in [1.29, 1.82) is 0 Å². The standard InChI is InChI=1S/C21H15ClF2N8/c22-10-12-3-5-13(6-4-12)32-19(14-2-1-9-26-17(14)25)29-16-8-7-15(28-20(16)32)18-27-11-31(30-18)21(23)24/h1-9,11,21H,10H2,(H2,25,26). The van der Waals surface area contributed by atoms with Gasteiger partial charge in [0.05, 0.1) is 5.56 Å². The average Bonchev–Trinajstić information content (AvgIpc) is 3.44. The Labute approximate surface area is 185 Å². The van der Waals surface area contributed by atoms with Gasteiger partial charge in [-0.3, -0.25) is 4.57 Å². The minimum absolute atomic E-state index is 0.0832. The summed E-state index contributed by atoms with van der Waals surface area (Å²) >= 11 is 5.93. The number of hydrogen-bond acceptors (Lipinski definition) is 6. The SMILES string of the molecule is Nc1ncccc1-c1nc2ccc(-c3ncn(C(F)F)n3)nc2n1-c1ccc(CCl)cc1. The Bertz CT molecular complexity index is 1410. The van der Waals surface area contributed by atoms with E-state index in [1.165, 1.54) is 0 Å². The Morgan fingerprint density at radius 3 is 2.50 bits per heavy atom. The fourth-order valence-corrected chi connectivity index (χ4v) is 3.51. The molecule has 0 saturated carbocycles. The van der Waals surface area contributed by atoms with E-state index >= 15 is 0 Å². The largest absolute Gasteiger partial charge is 0.383 e. The number of nitrogens with zero attached hydrogens (tertiary/aromatic N) is 7. The topological polar surface area (TPSA) is 100 Å². The van der Waals surface area contributed by atoms with E-state index in [1.807, 2.05) is 34.9 Å². The van der Waals surface area contributed by atoms with Gasteiger partial charge in [0.25, 0.3) is 0 Å². The molecule has 0 atom stereocenters. The summed E-state index contributed by atoms with van der Waals surface area (Å²) in [5.41, 5.74) is 9.90. The number of rotatable bonds is 5. The van der Waals surface area contributed by atoms with Gasteiger partial charge >= 0.3 is 6.55 Å². The van der Waals surface area contributed by atoms with Crippen molar-refractivity contribution >= 4 is 28.6 Å². The minimum atomic E-state index is -2.79. The molecular formula is C21H15ClF2N8. The predicted octanol–water partition coefficient (Wildman–Crippen LogP) is 4.46. The molecule has 0 aliphatic carbocycles. The van der Waals surface area contributed by atoms with Crippen molar-refractivity contribution in [2.75, 3.05) is 5.73 Å². The number of alkyl halides is 3. The molecule has 0 saturated heterocycles. The zero-order valence-corrected chi connectivity index (χ0v) is 17.2. The van der Waals surface area contributed by atoms with Gasteiger partial charge in [0.1, 0.15) is 23.4 Å². The molecule has 0 aliphatic heterocycles. The fraction of sp³-hybridized carbons (Fsp3) is 0.0952. The lowest BCUT2D eigenvalue weighted by molar-refractivity contribution is 0.0564. The summed E-state index contributed by atoms with van der Waals surface area (Å²) in [4.78, 5) is 17.5. The third-order valence-corrected chi connectivity index (χ3v) is 5.18. The van der Waals surface area contributed by atoms with Crippen LogP contribution in [0.5, 0.6) is 0 Å². The fourth-order valence-electron chi connectivity index (χ4n) is 3.33. The second-order valence-electron chi connectivity index (χ2n) is 6.87. The van der Waals surface area contributed by atoms with Crippen LogP contribution in [0.1, 0.15) is 12.1 Å². The highest BCUT2D eigenvalue weighted by atomic mass is 35.5. The summed E-state index contributed by atoms with van der Waals surface area (Å²) in [7, 11) is 0. The second-order valence-corrected chi connectivity index (χ2v) is 7.14. The molecule has 0 spiro atoms. The van der Waals surface area contributed by atoms with Crippen LogP contribution in [0.4, 0.5) is 14.6 Å². The zero-order valence-electron chi connectivity index (χ0n) is 16.4. The first-order valence-electron chi connectivity index (χ1n) is 9.50. The molecule has 1 aromatic carbocycles. The summed E-state index contributed by atoms with van der Waals surface area (Å²) < 4.78 is 28.2. The van der Waals surface area contributed by atoms with Gasteiger partial charge in [-0.05, 0) is 42.0 Å². The Hall–Kier alpha value is -3.92. The van der Waals surface area contributed by atoms with Crippen LogP contribution in [0.15, 0.2) is 61.1 Å². The van der Waals surface area contributed by atoms with Crippen LogP contribution in [0, 0.1) is 0 Å². The summed E-state index contributed by atoms with van der Waals surface area (Å²) in [6.45, 7) is -2.79. The molecule has 0 unspecified atom stereocenters. The van der Waals surface area contributed by atoms with Gasteiger partial charge in [0, 0.05) is 17.8 Å². The highest BCUT2D eigenvalue weighted by molar-refractivity contribution is 6.17. The lowest BCUT2D eigenvalue weighted by Crippen LogP contribution is -2.02. The molecule has 0 aliphatic rings. The Morgan fingerprint density at radius 1 is 1.00 bits per heavy atom. The smallest absolute Gasteiger partial charge is 0.334 e. The van der Waals surface area contributed by atoms with Crippen LogP contribution in [-0.4, -0.2) is 34.3 Å². The van der Waals surface area contributed by atoms with E-state index in [-0.39, 0.29) is 5.82 Å². The van der Waals surface area contributed by atoms with Gasteiger partial charge in [-0.1, -0.05) is 12.1 Å². The summed E-state index contributed by atoms with van der Waals surface area (Å²) in [5.74, 6) is 1.33. The molecule has 8 nitrogen and oxygen atoms in total. The van der Waals surface area contributed by atoms with Gasteiger partial charge in [0.15, 0.2) is 17.3 Å². The highest BCUT2D eigenvalue weighted by Gasteiger charge is 2.20. The van der Waals surface area contributed by atoms with Crippen LogP contribution in [0.25, 0.3) is 39.8 Å². The van der Waals surface area contributed by atoms with Gasteiger partial charge in [-0.2, -0.15) is 13.5 Å². The predicted molar refractivity (Wildman–Crippen MR) is 116 cm³/mol. The minimum Gasteiger partial charge on any atom is -0.383 e. The number of pyridine rings is 2. The number of halogens is 3. The maximum atomic E-state index is 12.9. The molecular weight excluding hydrogens is 438 g/mol. The molecule has 0 bridgehead atoms. The number of nitrogens with two attached hydrogens (primary N) is 1. The van der Waals surface area contributed by atoms with E-state index in [1.54, 1.807) is 24.4 Å². The van der Waals surface area contributed by atoms with Crippen molar-refractivity contribution in [2.45, 2.75) is 12.4 Å². The Balaban J connectivity index is 1.74. The molecule has 32 heavy (non-hydrogen) atoms. The molecule has 2 N–H and O–H groups in total. The van der Waals surface area contributed by atoms with Crippen molar-refractivity contribution in [2.24, 2.45) is 0 Å². The average molecular weight is 453 g/mol. The lowest BCUT2D eigenvalue weighted by Gasteiger charge is -2.11. The van der Waals surface area contributed by atoms with E-state index in [0.29, 0.717) is 44.6 Å². The lowest BCUT2D eigenvalue weighted by atomic mass is 10.2. The van der Waals surface area contributed by atoms with Crippen molar-refractivity contribution in [3.63, 3.8) is 0 Å². The molecule has 5 aromatic rings. The molecule has 160 valence electrons. The normalized spacial score (nSPS) is 11.5. The number of aromatic nitrogens is 7. The number of anilines is 1. The van der Waals surface area contributed by atoms with Gasteiger partial charge in [-0.25, -0.2) is 19.9 Å². The van der Waals surface area contributed by atoms with Gasteiger partial charge in [0.2, 0.25) is 0 Å². The molecule has 0 fully saturated rings. The Morgan fingerprint density at radius 2 is 1.81 bits per heavy atom. The zero-order chi connectivity index (χ0) is 22.2. The van der Waals surface area contributed by atoms with E-state index in [4.69, 9.17) is 22.3 Å². The van der Waals surface area contributed by atoms with Crippen molar-refractivity contribution in [3.05, 3.63) is 66.6 Å². The number of fused-ring (bicyclic) bond motifs is 1. The quantitative estimate of drug-likeness (QED) is 0.395. The summed E-state index contributed by atoms with van der Waals surface area (Å²) in [6, 6.07) is 14.6. The Kier molecular flexibility index (Phi) is 4.98. The third kappa shape index (κ3) is 3.44. The van der Waals surface area contributed by atoms with E-state index in [9.17, 15) is 8.78 Å². The monoisotopic (exact) mass is 452 g/mol. The maximum absolute atomic E-state index is 12.9. The number of benzene rings is 1. The summed E-state index contributed by atoms with van der Waals surface area (Å²) in [5, 5.41) is 3.81. The molecule has 4 aromatic heterocycles. The van der Waals surface area contributed by atoms with Crippen LogP contribution in [0.3, 0.4) is 0 Å². The number of hydrogen-bond donors (Lipinski definition) is 1. The molecule has 0 radical (unpaired) electrons. The molecule has 5 rings (SSSR count). The molecule has 11 heteroatoms. The van der Waals surface area contributed by atoms with Crippen LogP contribution >= 0.6 is 11.6 Å². The first kappa shape index (κ1) is 20.0. The van der Waals surface area contributed by atoms with Gasteiger partial charge < -0.3 is 5.73 Å². The van der Waals surface area contributed by atoms with E-state index < -0.39 is 6.55 Å². The van der Waals surface area contributed by atoms with E-state index in [0.717, 1.165) is 17.6 Å². The summed E-state index contributed by atoms with van der Waals surface area (Å²) in [6.07, 6.45) is 2.57. The number of nitrogen functional groups attached to an aromatic ring is 1. The molecule has 4 heterocycles. The van der Waals surface area contributed by atoms with Gasteiger partial charge in [-0.15, -0.1) is 16.7 Å². The highest BCUT2D eigenvalue weighted by Crippen LogP contribution is 2.31. The third-order valence-electron chi connectivity index (χ3n) is 4.87. The van der Waals surface area contributed by atoms with Crippen molar-refractivity contribution in [3.8, 4) is 28.6 Å². The van der Waals surface area contributed by atoms with E-state index in [2.05, 4.69) is 20.1 Å². The first-order valence-corrected chi connectivity index (χ1v) is 10.0.